The fourth-order valence-electron chi connectivity index (χ4n) is 0.767. The largest absolute Gasteiger partial charge is 0.425 e. The molecular formula is C8H8BrNO2. The predicted molar refractivity (Wildman–Crippen MR) is 49.9 cm³/mol. The maximum Gasteiger partial charge on any atom is 0.308 e. The van der Waals surface area contributed by atoms with Crippen molar-refractivity contribution in [3.8, 4) is 5.75 Å². The molecule has 0 spiro atoms. The summed E-state index contributed by atoms with van der Waals surface area (Å²) in [6.45, 7) is 1.33. The van der Waals surface area contributed by atoms with Crippen molar-refractivity contribution in [3.05, 3.63) is 22.7 Å². The Hall–Kier alpha value is -1.03. The average Bonchev–Trinajstić information content (AvgIpc) is 1.94. The van der Waals surface area contributed by atoms with Crippen LogP contribution in [0.1, 0.15) is 6.92 Å². The van der Waals surface area contributed by atoms with Gasteiger partial charge in [-0.25, -0.2) is 0 Å². The molecule has 0 fully saturated rings. The number of anilines is 1. The first-order chi connectivity index (χ1) is 5.59. The van der Waals surface area contributed by atoms with Crippen molar-refractivity contribution < 1.29 is 9.53 Å². The second-order valence-corrected chi connectivity index (χ2v) is 3.19. The van der Waals surface area contributed by atoms with Gasteiger partial charge in [0.15, 0.2) is 5.75 Å². The first-order valence-corrected chi connectivity index (χ1v) is 4.12. The summed E-state index contributed by atoms with van der Waals surface area (Å²) in [5.74, 6) is 0.0229. The van der Waals surface area contributed by atoms with Crippen molar-refractivity contribution in [3.63, 3.8) is 0 Å². The highest BCUT2D eigenvalue weighted by Crippen LogP contribution is 2.25. The Bertz CT molecular complexity index is 312. The van der Waals surface area contributed by atoms with E-state index in [0.717, 1.165) is 4.47 Å². The molecule has 4 heteroatoms. The number of nitrogens with two attached hydrogens (primary N) is 1. The van der Waals surface area contributed by atoms with E-state index < -0.39 is 0 Å². The van der Waals surface area contributed by atoms with Crippen molar-refractivity contribution >= 4 is 27.6 Å². The third-order valence-electron chi connectivity index (χ3n) is 1.23. The maximum atomic E-state index is 10.6. The molecule has 0 aliphatic carbocycles. The van der Waals surface area contributed by atoms with Crippen molar-refractivity contribution in [2.75, 3.05) is 5.73 Å². The Balaban J connectivity index is 2.93. The van der Waals surface area contributed by atoms with E-state index in [4.69, 9.17) is 10.5 Å². The number of ether oxygens (including phenoxy) is 1. The summed E-state index contributed by atoms with van der Waals surface area (Å²) >= 11 is 3.24. The van der Waals surface area contributed by atoms with E-state index in [1.165, 1.54) is 6.92 Å². The summed E-state index contributed by atoms with van der Waals surface area (Å²) in [6.07, 6.45) is 0. The molecule has 0 radical (unpaired) electrons. The van der Waals surface area contributed by atoms with Crippen LogP contribution in [0.5, 0.6) is 5.75 Å². The molecule has 1 rings (SSSR count). The van der Waals surface area contributed by atoms with E-state index in [0.29, 0.717) is 11.4 Å². The Morgan fingerprint density at radius 3 is 2.75 bits per heavy atom. The molecule has 2 N–H and O–H groups in total. The van der Waals surface area contributed by atoms with Gasteiger partial charge in [0.1, 0.15) is 0 Å². The van der Waals surface area contributed by atoms with E-state index in [-0.39, 0.29) is 5.97 Å². The summed E-state index contributed by atoms with van der Waals surface area (Å²) in [7, 11) is 0. The third-order valence-corrected chi connectivity index (χ3v) is 1.72. The second kappa shape index (κ2) is 3.58. The molecule has 12 heavy (non-hydrogen) atoms. The molecule has 0 aliphatic heterocycles. The highest BCUT2D eigenvalue weighted by molar-refractivity contribution is 9.10. The zero-order chi connectivity index (χ0) is 9.14. The van der Waals surface area contributed by atoms with Crippen molar-refractivity contribution in [2.24, 2.45) is 0 Å². The van der Waals surface area contributed by atoms with Gasteiger partial charge in [0.25, 0.3) is 0 Å². The van der Waals surface area contributed by atoms with Gasteiger partial charge < -0.3 is 10.5 Å². The molecule has 0 heterocycles. The molecule has 3 nitrogen and oxygen atoms in total. The molecule has 0 unspecified atom stereocenters. The van der Waals surface area contributed by atoms with Crippen molar-refractivity contribution in [1.29, 1.82) is 0 Å². The van der Waals surface area contributed by atoms with E-state index >= 15 is 0 Å². The zero-order valence-corrected chi connectivity index (χ0v) is 8.09. The number of esters is 1. The van der Waals surface area contributed by atoms with Gasteiger partial charge >= 0.3 is 5.97 Å². The lowest BCUT2D eigenvalue weighted by molar-refractivity contribution is -0.131. The SMILES string of the molecule is CC(=O)Oc1ccc(Br)cc1N. The van der Waals surface area contributed by atoms with Crippen LogP contribution in [0.3, 0.4) is 0 Å². The smallest absolute Gasteiger partial charge is 0.308 e. The standard InChI is InChI=1S/C8H8BrNO2/c1-5(11)12-8-3-2-6(9)4-7(8)10/h2-4H,10H2,1H3. The van der Waals surface area contributed by atoms with Gasteiger partial charge in [-0.1, -0.05) is 15.9 Å². The van der Waals surface area contributed by atoms with Gasteiger partial charge in [-0.3, -0.25) is 4.79 Å². The number of hydrogen-bond donors (Lipinski definition) is 1. The number of benzene rings is 1. The summed E-state index contributed by atoms with van der Waals surface area (Å²) in [6, 6.07) is 5.08. The third kappa shape index (κ3) is 2.23. The van der Waals surface area contributed by atoms with Gasteiger partial charge in [0, 0.05) is 11.4 Å². The molecule has 0 atom stereocenters. The van der Waals surface area contributed by atoms with Gasteiger partial charge in [-0.05, 0) is 18.2 Å². The van der Waals surface area contributed by atoms with E-state index in [9.17, 15) is 4.79 Å². The molecule has 0 aliphatic rings. The Kier molecular flexibility index (Phi) is 2.70. The van der Waals surface area contributed by atoms with Gasteiger partial charge in [0.2, 0.25) is 0 Å². The molecule has 0 saturated carbocycles. The normalized spacial score (nSPS) is 9.50. The molecule has 64 valence electrons. The van der Waals surface area contributed by atoms with Crippen LogP contribution >= 0.6 is 15.9 Å². The second-order valence-electron chi connectivity index (χ2n) is 2.28. The lowest BCUT2D eigenvalue weighted by Crippen LogP contribution is -2.03. The average molecular weight is 230 g/mol. The number of nitrogen functional groups attached to an aromatic ring is 1. The summed E-state index contributed by atoms with van der Waals surface area (Å²) in [5.41, 5.74) is 6.01. The number of halogens is 1. The fraction of sp³-hybridized carbons (Fsp3) is 0.125. The lowest BCUT2D eigenvalue weighted by Gasteiger charge is -2.04. The van der Waals surface area contributed by atoms with Crippen LogP contribution < -0.4 is 10.5 Å². The highest BCUT2D eigenvalue weighted by Gasteiger charge is 2.02. The monoisotopic (exact) mass is 229 g/mol. The fourth-order valence-corrected chi connectivity index (χ4v) is 1.15. The molecule has 0 amide bonds. The van der Waals surface area contributed by atoms with E-state index in [2.05, 4.69) is 15.9 Å². The summed E-state index contributed by atoms with van der Waals surface area (Å²) < 4.78 is 5.67. The van der Waals surface area contributed by atoms with E-state index in [1.807, 2.05) is 0 Å². The van der Waals surface area contributed by atoms with Crippen molar-refractivity contribution in [1.82, 2.24) is 0 Å². The van der Waals surface area contributed by atoms with E-state index in [1.54, 1.807) is 18.2 Å². The Labute approximate surface area is 78.6 Å². The molecule has 1 aromatic carbocycles. The Morgan fingerprint density at radius 1 is 1.58 bits per heavy atom. The van der Waals surface area contributed by atoms with Crippen LogP contribution in [0.15, 0.2) is 22.7 Å². The quantitative estimate of drug-likeness (QED) is 0.455. The van der Waals surface area contributed by atoms with Gasteiger partial charge in [0.05, 0.1) is 5.69 Å². The molecule has 0 saturated heterocycles. The Morgan fingerprint density at radius 2 is 2.25 bits per heavy atom. The van der Waals surface area contributed by atoms with Crippen LogP contribution in [0.4, 0.5) is 5.69 Å². The number of carbonyl (C=O) groups is 1. The molecule has 1 aromatic rings. The number of hydrogen-bond acceptors (Lipinski definition) is 3. The summed E-state index contributed by atoms with van der Waals surface area (Å²) in [5, 5.41) is 0. The molecule has 0 aromatic heterocycles. The van der Waals surface area contributed by atoms with Crippen LogP contribution in [-0.2, 0) is 4.79 Å². The lowest BCUT2D eigenvalue weighted by atomic mass is 10.3. The van der Waals surface area contributed by atoms with Crippen LogP contribution in [-0.4, -0.2) is 5.97 Å². The van der Waals surface area contributed by atoms with Crippen molar-refractivity contribution in [2.45, 2.75) is 6.92 Å². The first-order valence-electron chi connectivity index (χ1n) is 3.33. The first kappa shape index (κ1) is 9.06. The topological polar surface area (TPSA) is 52.3 Å². The minimum Gasteiger partial charge on any atom is -0.425 e. The maximum absolute atomic E-state index is 10.6. The van der Waals surface area contributed by atoms with Gasteiger partial charge in [-0.2, -0.15) is 0 Å². The zero-order valence-electron chi connectivity index (χ0n) is 6.50. The van der Waals surface area contributed by atoms with Crippen LogP contribution in [0.25, 0.3) is 0 Å². The minimum atomic E-state index is -0.371. The van der Waals surface area contributed by atoms with Gasteiger partial charge in [-0.15, -0.1) is 0 Å². The highest BCUT2D eigenvalue weighted by atomic mass is 79.9. The molecular weight excluding hydrogens is 222 g/mol. The number of carbonyl (C=O) groups excluding carboxylic acids is 1. The summed E-state index contributed by atoms with van der Waals surface area (Å²) in [4.78, 5) is 10.6. The predicted octanol–water partition coefficient (Wildman–Crippen LogP) is 1.96. The number of rotatable bonds is 1. The van der Waals surface area contributed by atoms with Crippen LogP contribution in [0.2, 0.25) is 0 Å². The van der Waals surface area contributed by atoms with Crippen LogP contribution in [0, 0.1) is 0 Å². The molecule has 0 bridgehead atoms. The minimum absolute atomic E-state index is 0.371.